The first-order valence-corrected chi connectivity index (χ1v) is 9.84. The zero-order chi connectivity index (χ0) is 20.4. The van der Waals surface area contributed by atoms with Gasteiger partial charge in [0.05, 0.1) is 40.0 Å². The van der Waals surface area contributed by atoms with Gasteiger partial charge < -0.3 is 10.1 Å². The zero-order valence-corrected chi connectivity index (χ0v) is 16.7. The summed E-state index contributed by atoms with van der Waals surface area (Å²) in [6, 6.07) is 20.1. The molecular weight excluding hydrogens is 384 g/mol. The number of anilines is 1. The minimum atomic E-state index is -0.504. The number of ether oxygens (including phenoxy) is 1. The quantitative estimate of drug-likeness (QED) is 0.470. The summed E-state index contributed by atoms with van der Waals surface area (Å²) in [7, 11) is 1.31. The van der Waals surface area contributed by atoms with E-state index in [2.05, 4.69) is 5.32 Å². The Bertz CT molecular complexity index is 1230. The minimum Gasteiger partial charge on any atom is -0.465 e. The van der Waals surface area contributed by atoms with Crippen LogP contribution in [-0.2, 0) is 4.74 Å². The molecule has 0 unspecified atom stereocenters. The van der Waals surface area contributed by atoms with Crippen molar-refractivity contribution >= 4 is 39.8 Å². The summed E-state index contributed by atoms with van der Waals surface area (Å²) >= 11 is 1.63. The first-order valence-electron chi connectivity index (χ1n) is 9.02. The third-order valence-corrected chi connectivity index (χ3v) is 5.56. The molecule has 144 valence electrons. The predicted octanol–water partition coefficient (Wildman–Crippen LogP) is 5.31. The third-order valence-electron chi connectivity index (χ3n) is 4.53. The maximum absolute atomic E-state index is 13.2. The van der Waals surface area contributed by atoms with Crippen molar-refractivity contribution in [3.63, 3.8) is 0 Å². The lowest BCUT2D eigenvalue weighted by Crippen LogP contribution is -2.16. The molecule has 0 aliphatic carbocycles. The predicted molar refractivity (Wildman–Crippen MR) is 116 cm³/mol. The van der Waals surface area contributed by atoms with Crippen molar-refractivity contribution < 1.29 is 14.3 Å². The van der Waals surface area contributed by atoms with Gasteiger partial charge in [-0.2, -0.15) is 0 Å². The molecule has 6 heteroatoms. The van der Waals surface area contributed by atoms with Crippen LogP contribution in [0, 0.1) is 6.92 Å². The molecule has 0 saturated carbocycles. The topological polar surface area (TPSA) is 68.3 Å². The maximum Gasteiger partial charge on any atom is 0.339 e. The molecule has 2 aromatic carbocycles. The molecule has 4 rings (SSSR count). The number of benzene rings is 2. The number of aromatic nitrogens is 1. The van der Waals surface area contributed by atoms with E-state index in [0.717, 1.165) is 21.5 Å². The van der Waals surface area contributed by atoms with Gasteiger partial charge in [0.1, 0.15) is 0 Å². The van der Waals surface area contributed by atoms with Crippen LogP contribution in [0.15, 0.2) is 66.7 Å². The zero-order valence-electron chi connectivity index (χ0n) is 15.9. The first kappa shape index (κ1) is 18.8. The molecule has 5 nitrogen and oxygen atoms in total. The van der Waals surface area contributed by atoms with Gasteiger partial charge in [-0.25, -0.2) is 9.78 Å². The number of carbonyl (C=O) groups excluding carboxylic acids is 2. The van der Waals surface area contributed by atoms with E-state index in [1.54, 1.807) is 41.7 Å². The molecule has 0 spiro atoms. The lowest BCUT2D eigenvalue weighted by Gasteiger charge is -2.12. The van der Waals surface area contributed by atoms with E-state index < -0.39 is 5.97 Å². The van der Waals surface area contributed by atoms with Crippen molar-refractivity contribution in [2.45, 2.75) is 6.92 Å². The van der Waals surface area contributed by atoms with Crippen LogP contribution in [0.2, 0.25) is 0 Å². The van der Waals surface area contributed by atoms with Crippen molar-refractivity contribution in [1.29, 1.82) is 0 Å². The Labute approximate surface area is 172 Å². The number of methoxy groups -OCH3 is 1. The fourth-order valence-corrected chi connectivity index (χ4v) is 3.96. The van der Waals surface area contributed by atoms with Gasteiger partial charge in [-0.15, -0.1) is 11.3 Å². The van der Waals surface area contributed by atoms with E-state index in [-0.39, 0.29) is 5.91 Å². The Morgan fingerprint density at radius 3 is 2.48 bits per heavy atom. The summed E-state index contributed by atoms with van der Waals surface area (Å²) in [4.78, 5) is 32.1. The first-order chi connectivity index (χ1) is 14.1. The number of rotatable bonds is 4. The molecule has 4 aromatic rings. The highest BCUT2D eigenvalue weighted by molar-refractivity contribution is 7.15. The number of para-hydroxylation sites is 2. The molecule has 1 amide bonds. The van der Waals surface area contributed by atoms with Crippen molar-refractivity contribution in [2.75, 3.05) is 12.4 Å². The maximum atomic E-state index is 13.2. The fraction of sp³-hybridized carbons (Fsp3) is 0.0870. The van der Waals surface area contributed by atoms with Crippen LogP contribution in [0.4, 0.5) is 5.69 Å². The number of aryl methyl sites for hydroxylation is 1. The average molecular weight is 402 g/mol. The second-order valence-corrected chi connectivity index (χ2v) is 7.76. The van der Waals surface area contributed by atoms with Gasteiger partial charge in [-0.1, -0.05) is 30.3 Å². The molecule has 0 saturated heterocycles. The van der Waals surface area contributed by atoms with Gasteiger partial charge in [0.15, 0.2) is 0 Å². The Morgan fingerprint density at radius 2 is 1.72 bits per heavy atom. The molecule has 0 fully saturated rings. The molecule has 0 aliphatic heterocycles. The summed E-state index contributed by atoms with van der Waals surface area (Å²) in [6.45, 7) is 2.03. The van der Waals surface area contributed by atoms with E-state index in [1.165, 1.54) is 12.0 Å². The number of amides is 1. The van der Waals surface area contributed by atoms with Gasteiger partial charge in [0.25, 0.3) is 5.91 Å². The van der Waals surface area contributed by atoms with E-state index in [4.69, 9.17) is 9.72 Å². The Morgan fingerprint density at radius 1 is 0.966 bits per heavy atom. The number of thiophene rings is 1. The summed E-state index contributed by atoms with van der Waals surface area (Å²) < 4.78 is 4.81. The van der Waals surface area contributed by atoms with Crippen LogP contribution >= 0.6 is 11.3 Å². The Kier molecular flexibility index (Phi) is 5.10. The number of nitrogens with one attached hydrogen (secondary N) is 1. The van der Waals surface area contributed by atoms with Crippen molar-refractivity contribution in [3.05, 3.63) is 82.7 Å². The van der Waals surface area contributed by atoms with Gasteiger partial charge in [0.2, 0.25) is 0 Å². The van der Waals surface area contributed by atoms with Crippen molar-refractivity contribution in [2.24, 2.45) is 0 Å². The average Bonchev–Trinajstić information content (AvgIpc) is 3.19. The van der Waals surface area contributed by atoms with Gasteiger partial charge >= 0.3 is 5.97 Å². The lowest BCUT2D eigenvalue weighted by atomic mass is 10.1. The highest BCUT2D eigenvalue weighted by Crippen LogP contribution is 2.30. The van der Waals surface area contributed by atoms with E-state index in [9.17, 15) is 9.59 Å². The Hall–Kier alpha value is -3.51. The largest absolute Gasteiger partial charge is 0.465 e. The van der Waals surface area contributed by atoms with Crippen LogP contribution in [0.25, 0.3) is 21.5 Å². The monoisotopic (exact) mass is 402 g/mol. The highest BCUT2D eigenvalue weighted by Gasteiger charge is 2.18. The molecule has 0 radical (unpaired) electrons. The summed E-state index contributed by atoms with van der Waals surface area (Å²) in [5.74, 6) is -0.815. The Balaban J connectivity index is 1.79. The molecule has 2 aromatic heterocycles. The summed E-state index contributed by atoms with van der Waals surface area (Å²) in [5, 5.41) is 3.60. The molecule has 2 heterocycles. The van der Waals surface area contributed by atoms with E-state index >= 15 is 0 Å². The van der Waals surface area contributed by atoms with Crippen molar-refractivity contribution in [1.82, 2.24) is 4.98 Å². The number of fused-ring (bicyclic) bond motifs is 1. The number of pyridine rings is 1. The van der Waals surface area contributed by atoms with Crippen LogP contribution in [0.3, 0.4) is 0 Å². The van der Waals surface area contributed by atoms with Crippen LogP contribution in [-0.4, -0.2) is 24.0 Å². The van der Waals surface area contributed by atoms with Crippen molar-refractivity contribution in [3.8, 4) is 10.6 Å². The molecule has 0 bridgehead atoms. The molecule has 0 atom stereocenters. The second-order valence-electron chi connectivity index (χ2n) is 6.47. The number of esters is 1. The lowest BCUT2D eigenvalue weighted by molar-refractivity contribution is 0.0602. The second kappa shape index (κ2) is 7.85. The third kappa shape index (κ3) is 3.75. The van der Waals surface area contributed by atoms with Crippen LogP contribution in [0.5, 0.6) is 0 Å². The van der Waals surface area contributed by atoms with E-state index in [1.807, 2.05) is 43.3 Å². The molecule has 1 N–H and O–H groups in total. The number of hydrogen-bond donors (Lipinski definition) is 1. The smallest absolute Gasteiger partial charge is 0.339 e. The van der Waals surface area contributed by atoms with Crippen LogP contribution in [0.1, 0.15) is 25.6 Å². The van der Waals surface area contributed by atoms with Gasteiger partial charge in [0, 0.05) is 10.3 Å². The minimum absolute atomic E-state index is 0.302. The highest BCUT2D eigenvalue weighted by atomic mass is 32.1. The number of nitrogens with zero attached hydrogens (tertiary/aromatic N) is 1. The number of carbonyl (C=O) groups is 2. The standard InChI is InChI=1S/C23H18N2O3S/c1-14-11-12-21(29-14)20-13-17(15-7-3-5-9-18(15)24-20)22(26)25-19-10-6-4-8-16(19)23(27)28-2/h3-13H,1-2H3,(H,25,26). The molecule has 29 heavy (non-hydrogen) atoms. The molecule has 0 aliphatic rings. The fourth-order valence-electron chi connectivity index (χ4n) is 3.13. The molecular formula is C23H18N2O3S. The SMILES string of the molecule is COC(=O)c1ccccc1NC(=O)c1cc(-c2ccc(C)s2)nc2ccccc12. The normalized spacial score (nSPS) is 10.7. The summed E-state index contributed by atoms with van der Waals surface area (Å²) in [6.07, 6.45) is 0. The summed E-state index contributed by atoms with van der Waals surface area (Å²) in [5.41, 5.74) is 2.68. The van der Waals surface area contributed by atoms with Gasteiger partial charge in [-0.05, 0) is 43.3 Å². The van der Waals surface area contributed by atoms with Gasteiger partial charge in [-0.3, -0.25) is 4.79 Å². The van der Waals surface area contributed by atoms with E-state index in [0.29, 0.717) is 16.8 Å². The number of hydrogen-bond acceptors (Lipinski definition) is 5. The van der Waals surface area contributed by atoms with Crippen LogP contribution < -0.4 is 5.32 Å².